The van der Waals surface area contributed by atoms with Gasteiger partial charge in [-0.25, -0.2) is 9.97 Å². The van der Waals surface area contributed by atoms with Crippen LogP contribution in [0.2, 0.25) is 0 Å². The molecule has 0 saturated carbocycles. The van der Waals surface area contributed by atoms with Crippen LogP contribution in [-0.4, -0.2) is 27.0 Å². The van der Waals surface area contributed by atoms with Crippen molar-refractivity contribution in [2.45, 2.75) is 45.1 Å². The minimum atomic E-state index is 0.557. The van der Waals surface area contributed by atoms with E-state index in [1.54, 1.807) is 6.20 Å². The van der Waals surface area contributed by atoms with Crippen LogP contribution in [0, 0.1) is 0 Å². The van der Waals surface area contributed by atoms with Gasteiger partial charge in [0, 0.05) is 25.0 Å². The van der Waals surface area contributed by atoms with Gasteiger partial charge < -0.3 is 15.0 Å². The average Bonchev–Trinajstić information content (AvgIpc) is 2.87. The van der Waals surface area contributed by atoms with Gasteiger partial charge in [0.2, 0.25) is 0 Å². The molecule has 1 atom stereocenters. The Balaban J connectivity index is 2.03. The zero-order valence-electron chi connectivity index (χ0n) is 11.4. The van der Waals surface area contributed by atoms with E-state index in [0.29, 0.717) is 11.9 Å². The Hall–Kier alpha value is -1.78. The van der Waals surface area contributed by atoms with Crippen LogP contribution in [0.1, 0.15) is 39.0 Å². The van der Waals surface area contributed by atoms with Gasteiger partial charge in [0.05, 0.1) is 6.20 Å². The van der Waals surface area contributed by atoms with Gasteiger partial charge in [-0.05, 0) is 25.7 Å². The summed E-state index contributed by atoms with van der Waals surface area (Å²) < 4.78 is 1.97. The molecule has 0 radical (unpaired) electrons. The van der Waals surface area contributed by atoms with Crippen molar-refractivity contribution in [2.24, 2.45) is 0 Å². The van der Waals surface area contributed by atoms with Gasteiger partial charge >= 0.3 is 0 Å². The fourth-order valence-electron chi connectivity index (χ4n) is 3.04. The molecule has 1 unspecified atom stereocenters. The molecule has 0 aromatic carbocycles. The summed E-state index contributed by atoms with van der Waals surface area (Å²) in [5, 5.41) is 0. The number of nitrogens with zero attached hydrogens (tertiary/aromatic N) is 4. The molecule has 0 bridgehead atoms. The van der Waals surface area contributed by atoms with E-state index in [0.717, 1.165) is 18.0 Å². The lowest BCUT2D eigenvalue weighted by Gasteiger charge is -2.36. The molecule has 2 N–H and O–H groups in total. The van der Waals surface area contributed by atoms with E-state index < -0.39 is 0 Å². The van der Waals surface area contributed by atoms with Crippen LogP contribution in [0.3, 0.4) is 0 Å². The number of hydrogen-bond acceptors (Lipinski definition) is 4. The van der Waals surface area contributed by atoms with Gasteiger partial charge in [-0.2, -0.15) is 0 Å². The maximum atomic E-state index is 5.92. The molecule has 19 heavy (non-hydrogen) atoms. The first-order valence-corrected chi connectivity index (χ1v) is 7.15. The van der Waals surface area contributed by atoms with E-state index in [1.165, 1.54) is 32.1 Å². The fraction of sp³-hybridized carbons (Fsp3) is 0.571. The van der Waals surface area contributed by atoms with Gasteiger partial charge in [0.1, 0.15) is 5.82 Å². The van der Waals surface area contributed by atoms with E-state index in [1.807, 2.05) is 16.8 Å². The maximum Gasteiger partial charge on any atom is 0.180 e. The van der Waals surface area contributed by atoms with E-state index in [4.69, 9.17) is 5.73 Å². The largest absolute Gasteiger partial charge is 0.382 e. The van der Waals surface area contributed by atoms with Gasteiger partial charge in [-0.3, -0.25) is 0 Å². The quantitative estimate of drug-likeness (QED) is 0.920. The summed E-state index contributed by atoms with van der Waals surface area (Å²) >= 11 is 0. The number of nitrogen functional groups attached to an aromatic ring is 1. The van der Waals surface area contributed by atoms with Crippen molar-refractivity contribution in [1.29, 1.82) is 0 Å². The lowest BCUT2D eigenvalue weighted by Crippen LogP contribution is -2.40. The summed E-state index contributed by atoms with van der Waals surface area (Å²) in [7, 11) is 0. The number of piperidine rings is 1. The maximum absolute atomic E-state index is 5.92. The normalized spacial score (nSPS) is 20.1. The first kappa shape index (κ1) is 12.3. The monoisotopic (exact) mass is 259 g/mol. The third-order valence-electron chi connectivity index (χ3n) is 3.90. The zero-order valence-corrected chi connectivity index (χ0v) is 11.4. The minimum absolute atomic E-state index is 0.557. The van der Waals surface area contributed by atoms with Crippen molar-refractivity contribution in [3.63, 3.8) is 0 Å². The summed E-state index contributed by atoms with van der Waals surface area (Å²) in [6.45, 7) is 3.30. The summed E-state index contributed by atoms with van der Waals surface area (Å²) in [6, 6.07) is 0.577. The van der Waals surface area contributed by atoms with Crippen LogP contribution in [0.15, 0.2) is 18.6 Å². The van der Waals surface area contributed by atoms with Crippen LogP contribution < -0.4 is 10.6 Å². The van der Waals surface area contributed by atoms with Gasteiger partial charge in [-0.1, -0.05) is 13.3 Å². The van der Waals surface area contributed by atoms with Gasteiger partial charge in [-0.15, -0.1) is 0 Å². The average molecular weight is 259 g/mol. The molecule has 2 aromatic heterocycles. The van der Waals surface area contributed by atoms with Crippen LogP contribution >= 0.6 is 0 Å². The summed E-state index contributed by atoms with van der Waals surface area (Å²) in [6.07, 6.45) is 11.8. The Morgan fingerprint density at radius 1 is 1.42 bits per heavy atom. The minimum Gasteiger partial charge on any atom is -0.382 e. The Labute approximate surface area is 113 Å². The lowest BCUT2D eigenvalue weighted by molar-refractivity contribution is 0.432. The Morgan fingerprint density at radius 2 is 2.32 bits per heavy atom. The molecule has 2 aromatic rings. The predicted octanol–water partition coefficient (Wildman–Crippen LogP) is 2.47. The summed E-state index contributed by atoms with van der Waals surface area (Å²) in [5.41, 5.74) is 6.84. The topological polar surface area (TPSA) is 59.5 Å². The Kier molecular flexibility index (Phi) is 3.27. The Morgan fingerprint density at radius 3 is 3.16 bits per heavy atom. The lowest BCUT2D eigenvalue weighted by atomic mass is 9.98. The SMILES string of the molecule is CCCC1CCCCN1c1nc(N)cn2ccnc12. The number of fused-ring (bicyclic) bond motifs is 1. The first-order valence-electron chi connectivity index (χ1n) is 7.15. The van der Waals surface area contributed by atoms with Crippen molar-refractivity contribution in [3.05, 3.63) is 18.6 Å². The molecule has 1 fully saturated rings. The van der Waals surface area contributed by atoms with Crippen LogP contribution in [-0.2, 0) is 0 Å². The van der Waals surface area contributed by atoms with E-state index in [9.17, 15) is 0 Å². The molecule has 3 rings (SSSR count). The summed E-state index contributed by atoms with van der Waals surface area (Å²) in [5.74, 6) is 1.50. The molecule has 5 heteroatoms. The van der Waals surface area contributed by atoms with E-state index >= 15 is 0 Å². The molecule has 0 spiro atoms. The fourth-order valence-corrected chi connectivity index (χ4v) is 3.04. The molecule has 1 aliphatic rings. The zero-order chi connectivity index (χ0) is 13.2. The molecule has 102 valence electrons. The van der Waals surface area contributed by atoms with Crippen molar-refractivity contribution in [2.75, 3.05) is 17.2 Å². The number of nitrogens with two attached hydrogens (primary N) is 1. The highest BCUT2D eigenvalue weighted by atomic mass is 15.3. The molecule has 0 amide bonds. The number of imidazole rings is 1. The molecule has 5 nitrogen and oxygen atoms in total. The number of aromatic nitrogens is 3. The van der Waals surface area contributed by atoms with E-state index in [2.05, 4.69) is 21.8 Å². The summed E-state index contributed by atoms with van der Waals surface area (Å²) in [4.78, 5) is 11.4. The van der Waals surface area contributed by atoms with Gasteiger partial charge in [0.15, 0.2) is 11.5 Å². The third-order valence-corrected chi connectivity index (χ3v) is 3.90. The van der Waals surface area contributed by atoms with Crippen LogP contribution in [0.25, 0.3) is 5.65 Å². The standard InChI is InChI=1S/C14H21N5/c1-2-5-11-6-3-4-8-19(11)14-13-16-7-9-18(13)10-12(15)17-14/h7,9-11H,2-6,8,15H2,1H3. The number of hydrogen-bond donors (Lipinski definition) is 1. The molecule has 0 aliphatic carbocycles. The highest BCUT2D eigenvalue weighted by molar-refractivity contribution is 5.67. The van der Waals surface area contributed by atoms with Crippen molar-refractivity contribution in [1.82, 2.24) is 14.4 Å². The molecule has 1 saturated heterocycles. The Bertz CT molecular complexity index is 560. The predicted molar refractivity (Wildman–Crippen MR) is 77.3 cm³/mol. The second-order valence-electron chi connectivity index (χ2n) is 5.28. The molecular formula is C14H21N5. The van der Waals surface area contributed by atoms with Crippen molar-refractivity contribution >= 4 is 17.3 Å². The van der Waals surface area contributed by atoms with Crippen LogP contribution in [0.5, 0.6) is 0 Å². The molecule has 3 heterocycles. The second kappa shape index (κ2) is 5.07. The second-order valence-corrected chi connectivity index (χ2v) is 5.28. The van der Waals surface area contributed by atoms with Crippen LogP contribution in [0.4, 0.5) is 11.6 Å². The number of rotatable bonds is 3. The first-order chi connectivity index (χ1) is 9.29. The highest BCUT2D eigenvalue weighted by Gasteiger charge is 2.25. The van der Waals surface area contributed by atoms with Gasteiger partial charge in [0.25, 0.3) is 0 Å². The number of anilines is 2. The third kappa shape index (κ3) is 2.25. The molecular weight excluding hydrogens is 238 g/mol. The highest BCUT2D eigenvalue weighted by Crippen LogP contribution is 2.29. The smallest absolute Gasteiger partial charge is 0.180 e. The molecule has 1 aliphatic heterocycles. The van der Waals surface area contributed by atoms with Crippen molar-refractivity contribution < 1.29 is 0 Å². The van der Waals surface area contributed by atoms with Crippen molar-refractivity contribution in [3.8, 4) is 0 Å². The van der Waals surface area contributed by atoms with E-state index in [-0.39, 0.29) is 0 Å².